The number of carboxylic acids is 1. The van der Waals surface area contributed by atoms with Crippen LogP contribution in [-0.2, 0) is 15.5 Å². The molecule has 106 valence electrons. The van der Waals surface area contributed by atoms with E-state index in [-0.39, 0.29) is 19.0 Å². The van der Waals surface area contributed by atoms with Crippen LogP contribution in [0.2, 0.25) is 0 Å². The minimum atomic E-state index is -3.67. The first-order valence-corrected chi connectivity index (χ1v) is 7.69. The average molecular weight is 287 g/mol. The average Bonchev–Trinajstić information content (AvgIpc) is 2.36. The predicted molar refractivity (Wildman–Crippen MR) is 71.4 cm³/mol. The van der Waals surface area contributed by atoms with Crippen molar-refractivity contribution in [2.24, 2.45) is 5.73 Å². The maximum Gasteiger partial charge on any atom is 0.303 e. The second-order valence-corrected chi connectivity index (χ2v) is 6.72. The molecule has 7 heteroatoms. The summed E-state index contributed by atoms with van der Waals surface area (Å²) in [4.78, 5) is 20.4. The predicted octanol–water partition coefficient (Wildman–Crippen LogP) is 1.62. The lowest BCUT2D eigenvalue weighted by atomic mass is 10.2. The van der Waals surface area contributed by atoms with Crippen LogP contribution in [0.25, 0.3) is 0 Å². The fourth-order valence-electron chi connectivity index (χ4n) is 1.67. The first-order valence-electron chi connectivity index (χ1n) is 5.77. The lowest BCUT2D eigenvalue weighted by molar-refractivity contribution is -0.137. The molecule has 0 saturated carbocycles. The molecule has 1 rings (SSSR count). The second-order valence-electron chi connectivity index (χ2n) is 4.23. The van der Waals surface area contributed by atoms with Gasteiger partial charge >= 0.3 is 5.97 Å². The van der Waals surface area contributed by atoms with Gasteiger partial charge in [-0.2, -0.15) is 0 Å². The molecule has 0 heterocycles. The molecule has 0 aliphatic carbocycles. The molecule has 6 nitrogen and oxygen atoms in total. The van der Waals surface area contributed by atoms with Gasteiger partial charge in [-0.05, 0) is 12.5 Å². The Bertz CT molecular complexity index is 491. The minimum Gasteiger partial charge on any atom is -0.496 e. The summed E-state index contributed by atoms with van der Waals surface area (Å²) in [5, 5.41) is 8.55. The normalized spacial score (nSPS) is 15.5. The smallest absolute Gasteiger partial charge is 0.303 e. The van der Waals surface area contributed by atoms with Crippen molar-refractivity contribution in [1.82, 2.24) is 0 Å². The summed E-state index contributed by atoms with van der Waals surface area (Å²) in [5.74, 6) is -1.57. The van der Waals surface area contributed by atoms with Gasteiger partial charge < -0.3 is 20.5 Å². The molecule has 0 spiro atoms. The summed E-state index contributed by atoms with van der Waals surface area (Å²) >= 11 is 0. The Labute approximate surface area is 111 Å². The number of hydrogen-bond acceptors (Lipinski definition) is 4. The highest BCUT2D eigenvalue weighted by atomic mass is 31.2. The summed E-state index contributed by atoms with van der Waals surface area (Å²) in [7, 11) is -2.19. The quantitative estimate of drug-likeness (QED) is 0.657. The van der Waals surface area contributed by atoms with E-state index in [0.717, 1.165) is 0 Å². The van der Waals surface area contributed by atoms with Crippen LogP contribution in [0.4, 0.5) is 0 Å². The van der Waals surface area contributed by atoms with Crippen LogP contribution in [0.3, 0.4) is 0 Å². The fraction of sp³-hybridized carbons (Fsp3) is 0.417. The number of benzene rings is 1. The zero-order valence-corrected chi connectivity index (χ0v) is 11.5. The molecular weight excluding hydrogens is 269 g/mol. The molecule has 0 fully saturated rings. The minimum absolute atomic E-state index is 0.0295. The summed E-state index contributed by atoms with van der Waals surface area (Å²) in [5.41, 5.74) is 6.21. The molecule has 0 aliphatic heterocycles. The van der Waals surface area contributed by atoms with E-state index in [1.54, 1.807) is 24.3 Å². The number of aliphatic carboxylic acids is 1. The van der Waals surface area contributed by atoms with Crippen molar-refractivity contribution in [3.05, 3.63) is 29.8 Å². The first-order chi connectivity index (χ1) is 8.86. The molecule has 2 atom stereocenters. The Balaban J connectivity index is 2.78. The largest absolute Gasteiger partial charge is 0.496 e. The van der Waals surface area contributed by atoms with Crippen LogP contribution < -0.4 is 10.5 Å². The van der Waals surface area contributed by atoms with E-state index in [1.165, 1.54) is 7.11 Å². The van der Waals surface area contributed by atoms with Gasteiger partial charge in [0.05, 0.1) is 19.1 Å². The highest BCUT2D eigenvalue weighted by molar-refractivity contribution is 7.57. The van der Waals surface area contributed by atoms with Crippen LogP contribution in [0.1, 0.15) is 18.4 Å². The molecule has 0 bridgehead atoms. The standard InChI is InChI=1S/C12H18NO5P/c1-18-10-5-3-2-4-9(10)8-19(16,17)11(13)6-7-12(14)15/h2-5,11H,6-8,13H2,1H3,(H,14,15)(H,16,17). The van der Waals surface area contributed by atoms with Crippen molar-refractivity contribution in [3.8, 4) is 5.75 Å². The third kappa shape index (κ3) is 4.67. The van der Waals surface area contributed by atoms with Crippen molar-refractivity contribution in [2.75, 3.05) is 7.11 Å². The highest BCUT2D eigenvalue weighted by Crippen LogP contribution is 2.50. The van der Waals surface area contributed by atoms with Gasteiger partial charge in [0.1, 0.15) is 5.75 Å². The fourth-order valence-corrected chi connectivity index (χ4v) is 3.18. The Morgan fingerprint density at radius 3 is 2.68 bits per heavy atom. The molecule has 1 aromatic rings. The summed E-state index contributed by atoms with van der Waals surface area (Å²) < 4.78 is 17.2. The van der Waals surface area contributed by atoms with Crippen LogP contribution >= 0.6 is 7.37 Å². The summed E-state index contributed by atoms with van der Waals surface area (Å²) in [6, 6.07) is 6.87. The number of rotatable bonds is 7. The monoisotopic (exact) mass is 287 g/mol. The van der Waals surface area contributed by atoms with E-state index < -0.39 is 19.1 Å². The van der Waals surface area contributed by atoms with Crippen LogP contribution in [0, 0.1) is 0 Å². The summed E-state index contributed by atoms with van der Waals surface area (Å²) in [6.07, 6.45) is -0.381. The van der Waals surface area contributed by atoms with Gasteiger partial charge in [-0.15, -0.1) is 0 Å². The number of ether oxygens (including phenoxy) is 1. The Morgan fingerprint density at radius 2 is 2.11 bits per heavy atom. The molecular formula is C12H18NO5P. The van der Waals surface area contributed by atoms with Crippen LogP contribution in [0.15, 0.2) is 24.3 Å². The lowest BCUT2D eigenvalue weighted by Gasteiger charge is -2.19. The third-order valence-electron chi connectivity index (χ3n) is 2.76. The number of para-hydroxylation sites is 1. The van der Waals surface area contributed by atoms with Gasteiger partial charge in [0, 0.05) is 12.0 Å². The number of hydrogen-bond donors (Lipinski definition) is 3. The van der Waals surface area contributed by atoms with Gasteiger partial charge in [0.15, 0.2) is 0 Å². The van der Waals surface area contributed by atoms with Crippen LogP contribution in [0.5, 0.6) is 5.75 Å². The first kappa shape index (κ1) is 15.7. The topological polar surface area (TPSA) is 110 Å². The maximum atomic E-state index is 12.1. The van der Waals surface area contributed by atoms with Crippen molar-refractivity contribution >= 4 is 13.3 Å². The molecule has 0 aromatic heterocycles. The van der Waals surface area contributed by atoms with Crippen LogP contribution in [-0.4, -0.2) is 28.9 Å². The zero-order chi connectivity index (χ0) is 14.5. The van der Waals surface area contributed by atoms with Gasteiger partial charge in [0.2, 0.25) is 7.37 Å². The summed E-state index contributed by atoms with van der Waals surface area (Å²) in [6.45, 7) is 0. The van der Waals surface area contributed by atoms with E-state index in [2.05, 4.69) is 0 Å². The number of carboxylic acid groups (broad SMARTS) is 1. The van der Waals surface area contributed by atoms with Crippen molar-refractivity contribution in [2.45, 2.75) is 24.8 Å². The zero-order valence-electron chi connectivity index (χ0n) is 10.7. The van der Waals surface area contributed by atoms with Crippen molar-refractivity contribution < 1.29 is 24.1 Å². The number of carbonyl (C=O) groups is 1. The lowest BCUT2D eigenvalue weighted by Crippen LogP contribution is -2.22. The highest BCUT2D eigenvalue weighted by Gasteiger charge is 2.29. The third-order valence-corrected chi connectivity index (χ3v) is 4.85. The van der Waals surface area contributed by atoms with E-state index in [4.69, 9.17) is 15.6 Å². The molecule has 4 N–H and O–H groups in total. The molecule has 0 aliphatic rings. The molecule has 0 saturated heterocycles. The molecule has 2 unspecified atom stereocenters. The Kier molecular flexibility index (Phi) is 5.54. The van der Waals surface area contributed by atoms with Crippen molar-refractivity contribution in [3.63, 3.8) is 0 Å². The maximum absolute atomic E-state index is 12.1. The SMILES string of the molecule is COc1ccccc1CP(=O)(O)C(N)CCC(=O)O. The van der Waals surface area contributed by atoms with E-state index in [1.807, 2.05) is 0 Å². The van der Waals surface area contributed by atoms with Gasteiger partial charge in [-0.1, -0.05) is 18.2 Å². The number of nitrogens with two attached hydrogens (primary N) is 1. The molecule has 0 amide bonds. The van der Waals surface area contributed by atoms with E-state index >= 15 is 0 Å². The molecule has 1 aromatic carbocycles. The van der Waals surface area contributed by atoms with Crippen molar-refractivity contribution in [1.29, 1.82) is 0 Å². The number of methoxy groups -OCH3 is 1. The van der Waals surface area contributed by atoms with E-state index in [0.29, 0.717) is 11.3 Å². The Morgan fingerprint density at radius 1 is 1.47 bits per heavy atom. The van der Waals surface area contributed by atoms with Gasteiger partial charge in [-0.25, -0.2) is 0 Å². The van der Waals surface area contributed by atoms with Gasteiger partial charge in [-0.3, -0.25) is 9.36 Å². The van der Waals surface area contributed by atoms with E-state index in [9.17, 15) is 14.3 Å². The van der Waals surface area contributed by atoms with Gasteiger partial charge in [0.25, 0.3) is 0 Å². The molecule has 19 heavy (non-hydrogen) atoms. The Hall–Kier alpha value is -1.36. The second kappa shape index (κ2) is 6.70. The molecule has 0 radical (unpaired) electrons.